The molecule has 24 heavy (non-hydrogen) atoms. The van der Waals surface area contributed by atoms with Crippen molar-refractivity contribution in [3.63, 3.8) is 0 Å². The molecule has 1 fully saturated rings. The minimum atomic E-state index is -0.00800. The molecule has 0 bridgehead atoms. The molecule has 5 nitrogen and oxygen atoms in total. The molecule has 2 heterocycles. The van der Waals surface area contributed by atoms with Gasteiger partial charge in [0, 0.05) is 50.8 Å². The quantitative estimate of drug-likeness (QED) is 0.943. The van der Waals surface area contributed by atoms with Gasteiger partial charge in [-0.3, -0.25) is 9.88 Å². The Morgan fingerprint density at radius 2 is 1.96 bits per heavy atom. The summed E-state index contributed by atoms with van der Waals surface area (Å²) < 4.78 is 0. The number of carbonyl (C=O) groups excluding carboxylic acids is 1. The van der Waals surface area contributed by atoms with Gasteiger partial charge in [0.25, 0.3) is 0 Å². The van der Waals surface area contributed by atoms with Crippen molar-refractivity contribution in [2.24, 2.45) is 0 Å². The Labute approximate surface area is 143 Å². The molecule has 2 aromatic rings. The summed E-state index contributed by atoms with van der Waals surface area (Å²) in [5.74, 6) is 0. The van der Waals surface area contributed by atoms with Crippen molar-refractivity contribution in [3.05, 3.63) is 59.9 Å². The summed E-state index contributed by atoms with van der Waals surface area (Å²) in [6.45, 7) is 6.39. The molecule has 0 atom stereocenters. The molecule has 0 radical (unpaired) electrons. The van der Waals surface area contributed by atoms with Gasteiger partial charge in [-0.1, -0.05) is 12.1 Å². The van der Waals surface area contributed by atoms with Crippen LogP contribution in [0.15, 0.2) is 48.8 Å². The molecule has 0 saturated carbocycles. The Balaban J connectivity index is 1.54. The minimum absolute atomic E-state index is 0.00800. The molecule has 1 aromatic heterocycles. The van der Waals surface area contributed by atoms with Gasteiger partial charge in [0.2, 0.25) is 0 Å². The van der Waals surface area contributed by atoms with Gasteiger partial charge >= 0.3 is 6.03 Å². The number of anilines is 1. The lowest BCUT2D eigenvalue weighted by Gasteiger charge is -2.22. The summed E-state index contributed by atoms with van der Waals surface area (Å²) in [5.41, 5.74) is 3.27. The van der Waals surface area contributed by atoms with Gasteiger partial charge in [-0.2, -0.15) is 0 Å². The number of aromatic nitrogens is 1. The molecule has 1 aliphatic heterocycles. The second-order valence-corrected chi connectivity index (χ2v) is 6.27. The molecule has 5 heteroatoms. The second kappa shape index (κ2) is 7.93. The van der Waals surface area contributed by atoms with Crippen LogP contribution in [-0.2, 0) is 6.54 Å². The predicted molar refractivity (Wildman–Crippen MR) is 95.9 cm³/mol. The van der Waals surface area contributed by atoms with Gasteiger partial charge in [0.15, 0.2) is 0 Å². The first-order valence-electron chi connectivity index (χ1n) is 8.44. The molecule has 126 valence electrons. The molecule has 2 amide bonds. The molecule has 0 unspecified atom stereocenters. The highest BCUT2D eigenvalue weighted by atomic mass is 16.2. The molecule has 1 aliphatic rings. The lowest BCUT2D eigenvalue weighted by Crippen LogP contribution is -2.38. The number of aryl methyl sites for hydroxylation is 1. The maximum absolute atomic E-state index is 12.5. The number of pyridine rings is 1. The Bertz CT molecular complexity index is 674. The molecule has 1 aromatic carbocycles. The van der Waals surface area contributed by atoms with Crippen LogP contribution in [-0.4, -0.2) is 47.0 Å². The molecular formula is C19H24N4O. The molecule has 0 spiro atoms. The topological polar surface area (TPSA) is 48.5 Å². The van der Waals surface area contributed by atoms with Gasteiger partial charge < -0.3 is 10.2 Å². The van der Waals surface area contributed by atoms with E-state index in [-0.39, 0.29) is 6.03 Å². The van der Waals surface area contributed by atoms with Crippen LogP contribution in [0.5, 0.6) is 0 Å². The SMILES string of the molecule is Cc1cccc(NC(=O)N2CCCN(Cc3ccncc3)CC2)c1. The average Bonchev–Trinajstić information content (AvgIpc) is 2.81. The lowest BCUT2D eigenvalue weighted by atomic mass is 10.2. The first-order valence-corrected chi connectivity index (χ1v) is 8.44. The van der Waals surface area contributed by atoms with Gasteiger partial charge in [-0.05, 0) is 48.7 Å². The largest absolute Gasteiger partial charge is 0.323 e. The van der Waals surface area contributed by atoms with Crippen LogP contribution in [0.1, 0.15) is 17.5 Å². The van der Waals surface area contributed by atoms with E-state index in [1.807, 2.05) is 60.6 Å². The summed E-state index contributed by atoms with van der Waals surface area (Å²) >= 11 is 0. The van der Waals surface area contributed by atoms with Crippen molar-refractivity contribution in [1.82, 2.24) is 14.8 Å². The van der Waals surface area contributed by atoms with Crippen LogP contribution >= 0.6 is 0 Å². The van der Waals surface area contributed by atoms with Gasteiger partial charge in [0.1, 0.15) is 0 Å². The molecule has 3 rings (SSSR count). The first kappa shape index (κ1) is 16.5. The Morgan fingerprint density at radius 3 is 2.75 bits per heavy atom. The van der Waals surface area contributed by atoms with Crippen LogP contribution < -0.4 is 5.32 Å². The zero-order valence-corrected chi connectivity index (χ0v) is 14.1. The molecular weight excluding hydrogens is 300 g/mol. The van der Waals surface area contributed by atoms with E-state index in [0.29, 0.717) is 0 Å². The fourth-order valence-corrected chi connectivity index (χ4v) is 3.00. The number of carbonyl (C=O) groups is 1. The van der Waals surface area contributed by atoms with Crippen molar-refractivity contribution >= 4 is 11.7 Å². The van der Waals surface area contributed by atoms with E-state index >= 15 is 0 Å². The normalized spacial score (nSPS) is 15.8. The van der Waals surface area contributed by atoms with Crippen LogP contribution in [0.3, 0.4) is 0 Å². The van der Waals surface area contributed by atoms with E-state index in [0.717, 1.165) is 50.4 Å². The van der Waals surface area contributed by atoms with Crippen molar-refractivity contribution < 1.29 is 4.79 Å². The number of rotatable bonds is 3. The third kappa shape index (κ3) is 4.55. The van der Waals surface area contributed by atoms with E-state index in [1.165, 1.54) is 5.56 Å². The maximum Gasteiger partial charge on any atom is 0.321 e. The summed E-state index contributed by atoms with van der Waals surface area (Å²) in [6.07, 6.45) is 4.65. The van der Waals surface area contributed by atoms with Crippen LogP contribution in [0.2, 0.25) is 0 Å². The van der Waals surface area contributed by atoms with Crippen LogP contribution in [0.4, 0.5) is 10.5 Å². The predicted octanol–water partition coefficient (Wildman–Crippen LogP) is 3.13. The highest BCUT2D eigenvalue weighted by Crippen LogP contribution is 2.13. The zero-order valence-electron chi connectivity index (χ0n) is 14.1. The summed E-state index contributed by atoms with van der Waals surface area (Å²) in [6, 6.07) is 12.0. The fraction of sp³-hybridized carbons (Fsp3) is 0.368. The van der Waals surface area contributed by atoms with Gasteiger partial charge in [-0.15, -0.1) is 0 Å². The van der Waals surface area contributed by atoms with Crippen LogP contribution in [0.25, 0.3) is 0 Å². The minimum Gasteiger partial charge on any atom is -0.323 e. The summed E-state index contributed by atoms with van der Waals surface area (Å²) in [4.78, 5) is 20.9. The lowest BCUT2D eigenvalue weighted by molar-refractivity contribution is 0.211. The average molecular weight is 324 g/mol. The first-order chi connectivity index (χ1) is 11.7. The standard InChI is InChI=1S/C19H24N4O/c1-16-4-2-5-18(14-16)21-19(24)23-11-3-10-22(12-13-23)15-17-6-8-20-9-7-17/h2,4-9,14H,3,10-13,15H2,1H3,(H,21,24). The highest BCUT2D eigenvalue weighted by molar-refractivity contribution is 5.89. The van der Waals surface area contributed by atoms with E-state index in [4.69, 9.17) is 0 Å². The number of nitrogens with zero attached hydrogens (tertiary/aromatic N) is 3. The maximum atomic E-state index is 12.5. The smallest absolute Gasteiger partial charge is 0.321 e. The van der Waals surface area contributed by atoms with E-state index in [2.05, 4.69) is 15.2 Å². The van der Waals surface area contributed by atoms with Crippen LogP contribution in [0, 0.1) is 6.92 Å². The molecule has 1 N–H and O–H groups in total. The zero-order chi connectivity index (χ0) is 16.8. The van der Waals surface area contributed by atoms with Gasteiger partial charge in [0.05, 0.1) is 0 Å². The molecule has 1 saturated heterocycles. The summed E-state index contributed by atoms with van der Waals surface area (Å²) in [5, 5.41) is 3.00. The van der Waals surface area contributed by atoms with Crippen molar-refractivity contribution in [3.8, 4) is 0 Å². The van der Waals surface area contributed by atoms with Crippen molar-refractivity contribution in [2.45, 2.75) is 19.9 Å². The second-order valence-electron chi connectivity index (χ2n) is 6.27. The third-order valence-electron chi connectivity index (χ3n) is 4.30. The Morgan fingerprint density at radius 1 is 1.12 bits per heavy atom. The fourth-order valence-electron chi connectivity index (χ4n) is 3.00. The van der Waals surface area contributed by atoms with Gasteiger partial charge in [-0.25, -0.2) is 4.79 Å². The van der Waals surface area contributed by atoms with Crippen molar-refractivity contribution in [2.75, 3.05) is 31.5 Å². The van der Waals surface area contributed by atoms with E-state index in [9.17, 15) is 4.79 Å². The number of hydrogen-bond donors (Lipinski definition) is 1. The van der Waals surface area contributed by atoms with E-state index in [1.54, 1.807) is 0 Å². The Hall–Kier alpha value is -2.40. The number of nitrogens with one attached hydrogen (secondary N) is 1. The third-order valence-corrected chi connectivity index (χ3v) is 4.30. The molecule has 0 aliphatic carbocycles. The highest BCUT2D eigenvalue weighted by Gasteiger charge is 2.19. The number of amides is 2. The summed E-state index contributed by atoms with van der Waals surface area (Å²) in [7, 11) is 0. The van der Waals surface area contributed by atoms with E-state index < -0.39 is 0 Å². The Kier molecular flexibility index (Phi) is 5.43. The number of urea groups is 1. The monoisotopic (exact) mass is 324 g/mol. The number of hydrogen-bond acceptors (Lipinski definition) is 3. The number of benzene rings is 1. The van der Waals surface area contributed by atoms with Crippen molar-refractivity contribution in [1.29, 1.82) is 0 Å².